The number of amides is 1. The van der Waals surface area contributed by atoms with Crippen molar-refractivity contribution in [3.8, 4) is 0 Å². The number of ether oxygens (including phenoxy) is 1. The summed E-state index contributed by atoms with van der Waals surface area (Å²) >= 11 is 5.64. The fourth-order valence-corrected chi connectivity index (χ4v) is 2.95. The minimum absolute atomic E-state index is 0.00453. The molecule has 2 aromatic rings. The average Bonchev–Trinajstić information content (AvgIpc) is 3.09. The molecule has 0 aliphatic carbocycles. The summed E-state index contributed by atoms with van der Waals surface area (Å²) < 4.78 is 58.9. The minimum Gasteiger partial charge on any atom is -0.379 e. The monoisotopic (exact) mass is 432 g/mol. The van der Waals surface area contributed by atoms with Crippen LogP contribution in [0.25, 0.3) is 0 Å². The standard InChI is InChI=1S/C18H17ClF4N4O2/c19-10-1-2-14(12(5-10)18(21,22)23)27-11-6-13(20)15(25-7-11)8-26-16(28)17(24)3-4-29-9-17/h1-2,5-7,27H,3-4,8-9,24H2,(H,26,28). The number of alkyl halides is 3. The normalized spacial score (nSPS) is 19.2. The second kappa shape index (κ2) is 8.13. The zero-order chi connectivity index (χ0) is 21.2. The Balaban J connectivity index is 1.71. The van der Waals surface area contributed by atoms with E-state index >= 15 is 0 Å². The molecule has 1 atom stereocenters. The smallest absolute Gasteiger partial charge is 0.379 e. The summed E-state index contributed by atoms with van der Waals surface area (Å²) in [6, 6.07) is 4.18. The summed E-state index contributed by atoms with van der Waals surface area (Å²) in [4.78, 5) is 16.0. The number of rotatable bonds is 5. The number of nitrogens with two attached hydrogens (primary N) is 1. The molecular formula is C18H17ClF4N4O2. The summed E-state index contributed by atoms with van der Waals surface area (Å²) in [6.45, 7) is 0.209. The number of pyridine rings is 1. The zero-order valence-corrected chi connectivity index (χ0v) is 15.7. The number of benzene rings is 1. The molecule has 0 saturated carbocycles. The number of halogens is 5. The lowest BCUT2D eigenvalue weighted by atomic mass is 9.99. The molecule has 0 radical (unpaired) electrons. The molecule has 2 heterocycles. The maximum Gasteiger partial charge on any atom is 0.418 e. The van der Waals surface area contributed by atoms with E-state index in [-0.39, 0.29) is 35.2 Å². The van der Waals surface area contributed by atoms with Crippen LogP contribution < -0.4 is 16.4 Å². The molecule has 1 aromatic heterocycles. The highest BCUT2D eigenvalue weighted by molar-refractivity contribution is 6.30. The van der Waals surface area contributed by atoms with Gasteiger partial charge in [-0.25, -0.2) is 4.39 Å². The van der Waals surface area contributed by atoms with Gasteiger partial charge in [0.15, 0.2) is 0 Å². The van der Waals surface area contributed by atoms with Gasteiger partial charge in [0.2, 0.25) is 5.91 Å². The van der Waals surface area contributed by atoms with Gasteiger partial charge in [-0.1, -0.05) is 11.6 Å². The lowest BCUT2D eigenvalue weighted by Crippen LogP contribution is -2.54. The summed E-state index contributed by atoms with van der Waals surface area (Å²) in [6.07, 6.45) is -3.14. The van der Waals surface area contributed by atoms with E-state index in [0.29, 0.717) is 13.0 Å². The van der Waals surface area contributed by atoms with E-state index in [0.717, 1.165) is 24.4 Å². The number of carbonyl (C=O) groups excluding carboxylic acids is 1. The number of hydrogen-bond acceptors (Lipinski definition) is 5. The maximum atomic E-state index is 14.3. The van der Waals surface area contributed by atoms with Gasteiger partial charge < -0.3 is 21.1 Å². The fourth-order valence-electron chi connectivity index (χ4n) is 2.78. The number of aromatic nitrogens is 1. The first-order valence-corrected chi connectivity index (χ1v) is 8.89. The Kier molecular flexibility index (Phi) is 5.97. The van der Waals surface area contributed by atoms with Crippen molar-refractivity contribution in [2.75, 3.05) is 18.5 Å². The van der Waals surface area contributed by atoms with Crippen LogP contribution in [-0.4, -0.2) is 29.6 Å². The van der Waals surface area contributed by atoms with Crippen LogP contribution >= 0.6 is 11.6 Å². The van der Waals surface area contributed by atoms with Gasteiger partial charge in [-0.3, -0.25) is 9.78 Å². The van der Waals surface area contributed by atoms with E-state index < -0.39 is 29.0 Å². The van der Waals surface area contributed by atoms with Crippen LogP contribution in [0, 0.1) is 5.82 Å². The van der Waals surface area contributed by atoms with Gasteiger partial charge in [0.05, 0.1) is 42.0 Å². The SMILES string of the molecule is NC1(C(=O)NCc2ncc(Nc3ccc(Cl)cc3C(F)(F)F)cc2F)CCOC1. The third kappa shape index (κ3) is 4.95. The summed E-state index contributed by atoms with van der Waals surface area (Å²) in [7, 11) is 0. The second-order valence-corrected chi connectivity index (χ2v) is 7.04. The molecule has 4 N–H and O–H groups in total. The molecule has 1 aliphatic heterocycles. The van der Waals surface area contributed by atoms with E-state index in [1.54, 1.807) is 0 Å². The molecule has 0 spiro atoms. The van der Waals surface area contributed by atoms with E-state index in [1.807, 2.05) is 0 Å². The fraction of sp³-hybridized carbons (Fsp3) is 0.333. The molecule has 3 rings (SSSR count). The zero-order valence-electron chi connectivity index (χ0n) is 14.9. The molecule has 1 fully saturated rings. The molecule has 11 heteroatoms. The van der Waals surface area contributed by atoms with Crippen LogP contribution in [-0.2, 0) is 22.3 Å². The van der Waals surface area contributed by atoms with Crippen molar-refractivity contribution in [1.82, 2.24) is 10.3 Å². The van der Waals surface area contributed by atoms with Crippen molar-refractivity contribution in [2.45, 2.75) is 24.7 Å². The molecule has 1 amide bonds. The van der Waals surface area contributed by atoms with Crippen LogP contribution in [0.5, 0.6) is 0 Å². The lowest BCUT2D eigenvalue weighted by molar-refractivity contribution is -0.137. The van der Waals surface area contributed by atoms with Crippen molar-refractivity contribution in [3.63, 3.8) is 0 Å². The molecule has 1 aliphatic rings. The van der Waals surface area contributed by atoms with E-state index in [4.69, 9.17) is 22.1 Å². The first-order valence-electron chi connectivity index (χ1n) is 8.52. The molecule has 1 unspecified atom stereocenters. The Labute approximate surface area is 168 Å². The summed E-state index contributed by atoms with van der Waals surface area (Å²) in [5.41, 5.74) is 3.38. The first kappa shape index (κ1) is 21.3. The average molecular weight is 433 g/mol. The number of nitrogens with one attached hydrogen (secondary N) is 2. The van der Waals surface area contributed by atoms with Gasteiger partial charge in [-0.05, 0) is 24.6 Å². The highest BCUT2D eigenvalue weighted by atomic mass is 35.5. The summed E-state index contributed by atoms with van der Waals surface area (Å²) in [5, 5.41) is 4.90. The quantitative estimate of drug-likeness (QED) is 0.630. The van der Waals surface area contributed by atoms with Crippen molar-refractivity contribution < 1.29 is 27.1 Å². The van der Waals surface area contributed by atoms with Gasteiger partial charge >= 0.3 is 6.18 Å². The van der Waals surface area contributed by atoms with E-state index in [2.05, 4.69) is 15.6 Å². The predicted molar refractivity (Wildman–Crippen MR) is 98.1 cm³/mol. The molecular weight excluding hydrogens is 416 g/mol. The third-order valence-electron chi connectivity index (χ3n) is 4.40. The summed E-state index contributed by atoms with van der Waals surface area (Å²) in [5.74, 6) is -1.29. The van der Waals surface area contributed by atoms with Gasteiger partial charge in [-0.15, -0.1) is 0 Å². The Morgan fingerprint density at radius 1 is 1.34 bits per heavy atom. The largest absolute Gasteiger partial charge is 0.418 e. The van der Waals surface area contributed by atoms with Gasteiger partial charge in [0.25, 0.3) is 0 Å². The second-order valence-electron chi connectivity index (χ2n) is 6.61. The number of hydrogen-bond donors (Lipinski definition) is 3. The van der Waals surface area contributed by atoms with Gasteiger partial charge in [0, 0.05) is 17.7 Å². The highest BCUT2D eigenvalue weighted by Crippen LogP contribution is 2.37. The molecule has 0 bridgehead atoms. The van der Waals surface area contributed by atoms with Crippen LogP contribution in [0.3, 0.4) is 0 Å². The van der Waals surface area contributed by atoms with Gasteiger partial charge in [0.1, 0.15) is 11.4 Å². The molecule has 1 saturated heterocycles. The molecule has 29 heavy (non-hydrogen) atoms. The highest BCUT2D eigenvalue weighted by Gasteiger charge is 2.38. The van der Waals surface area contributed by atoms with Crippen LogP contribution in [0.1, 0.15) is 17.7 Å². The van der Waals surface area contributed by atoms with Crippen LogP contribution in [0.2, 0.25) is 5.02 Å². The Hall–Kier alpha value is -2.43. The Morgan fingerprint density at radius 2 is 2.10 bits per heavy atom. The third-order valence-corrected chi connectivity index (χ3v) is 4.64. The number of anilines is 2. The molecule has 156 valence electrons. The van der Waals surface area contributed by atoms with E-state index in [9.17, 15) is 22.4 Å². The van der Waals surface area contributed by atoms with Crippen LogP contribution in [0.4, 0.5) is 28.9 Å². The molecule has 6 nitrogen and oxygen atoms in total. The Morgan fingerprint density at radius 3 is 2.72 bits per heavy atom. The van der Waals surface area contributed by atoms with Crippen molar-refractivity contribution in [3.05, 3.63) is 52.6 Å². The topological polar surface area (TPSA) is 89.3 Å². The maximum absolute atomic E-state index is 14.3. The van der Waals surface area contributed by atoms with Crippen molar-refractivity contribution >= 4 is 28.9 Å². The van der Waals surface area contributed by atoms with E-state index in [1.165, 1.54) is 6.07 Å². The predicted octanol–water partition coefficient (Wildman–Crippen LogP) is 3.37. The lowest BCUT2D eigenvalue weighted by Gasteiger charge is -2.20. The Bertz CT molecular complexity index is 917. The van der Waals surface area contributed by atoms with Gasteiger partial charge in [-0.2, -0.15) is 13.2 Å². The van der Waals surface area contributed by atoms with Crippen LogP contribution in [0.15, 0.2) is 30.5 Å². The minimum atomic E-state index is -4.65. The first-order chi connectivity index (χ1) is 13.6. The number of carbonyl (C=O) groups is 1. The van der Waals surface area contributed by atoms with Crippen molar-refractivity contribution in [2.24, 2.45) is 5.73 Å². The number of nitrogens with zero attached hydrogens (tertiary/aromatic N) is 1. The van der Waals surface area contributed by atoms with Crippen molar-refractivity contribution in [1.29, 1.82) is 0 Å². The molecule has 1 aromatic carbocycles.